The Balaban J connectivity index is 1.54. The normalized spacial score (nSPS) is 16.3. The van der Waals surface area contributed by atoms with E-state index in [1.165, 1.54) is 12.0 Å². The number of aliphatic hydroxyl groups is 1. The summed E-state index contributed by atoms with van der Waals surface area (Å²) in [7, 11) is 2.89. The molecule has 0 unspecified atom stereocenters. The highest BCUT2D eigenvalue weighted by atomic mass is 16.5. The van der Waals surface area contributed by atoms with Crippen LogP contribution in [0.2, 0.25) is 0 Å². The van der Waals surface area contributed by atoms with E-state index in [0.29, 0.717) is 41.2 Å². The lowest BCUT2D eigenvalue weighted by atomic mass is 9.94. The van der Waals surface area contributed by atoms with E-state index in [0.717, 1.165) is 16.5 Å². The lowest BCUT2D eigenvalue weighted by Gasteiger charge is -2.25. The smallest absolute Gasteiger partial charge is 0.337 e. The second-order valence-corrected chi connectivity index (χ2v) is 9.54. The fourth-order valence-corrected chi connectivity index (χ4v) is 5.14. The summed E-state index contributed by atoms with van der Waals surface area (Å²) in [5, 5.41) is 12.3. The van der Waals surface area contributed by atoms with Crippen molar-refractivity contribution >= 4 is 34.3 Å². The Morgan fingerprint density at radius 1 is 0.951 bits per heavy atom. The summed E-state index contributed by atoms with van der Waals surface area (Å²) in [6.45, 7) is 2.56. The predicted octanol–water partition coefficient (Wildman–Crippen LogP) is 5.03. The van der Waals surface area contributed by atoms with E-state index >= 15 is 0 Å². The van der Waals surface area contributed by atoms with Crippen LogP contribution in [-0.2, 0) is 20.7 Å². The summed E-state index contributed by atoms with van der Waals surface area (Å²) in [4.78, 5) is 43.6. The molecule has 9 nitrogen and oxygen atoms in total. The van der Waals surface area contributed by atoms with Crippen molar-refractivity contribution in [2.45, 2.75) is 19.4 Å². The van der Waals surface area contributed by atoms with Gasteiger partial charge in [0.25, 0.3) is 11.7 Å². The topological polar surface area (TPSA) is 118 Å². The zero-order valence-electron chi connectivity index (χ0n) is 23.0. The summed E-state index contributed by atoms with van der Waals surface area (Å²) in [5.41, 5.74) is 3.13. The molecule has 9 heteroatoms. The molecule has 4 aromatic rings. The number of likely N-dealkylation sites (tertiary alicyclic amines) is 1. The van der Waals surface area contributed by atoms with Crippen molar-refractivity contribution < 1.29 is 33.7 Å². The van der Waals surface area contributed by atoms with Gasteiger partial charge in [0.05, 0.1) is 38.0 Å². The van der Waals surface area contributed by atoms with Gasteiger partial charge in [-0.2, -0.15) is 0 Å². The zero-order valence-corrected chi connectivity index (χ0v) is 23.0. The number of amides is 1. The molecule has 1 aromatic heterocycles. The van der Waals surface area contributed by atoms with Gasteiger partial charge in [-0.25, -0.2) is 4.79 Å². The Morgan fingerprint density at radius 3 is 2.29 bits per heavy atom. The Labute approximate surface area is 236 Å². The first-order valence-electron chi connectivity index (χ1n) is 13.2. The number of rotatable bonds is 9. The third-order valence-corrected chi connectivity index (χ3v) is 7.22. The van der Waals surface area contributed by atoms with Gasteiger partial charge in [0, 0.05) is 29.2 Å². The number of fused-ring (bicyclic) bond motifs is 1. The number of benzene rings is 3. The number of aromatic nitrogens is 1. The lowest BCUT2D eigenvalue weighted by Crippen LogP contribution is -2.31. The van der Waals surface area contributed by atoms with Gasteiger partial charge in [-0.1, -0.05) is 12.1 Å². The summed E-state index contributed by atoms with van der Waals surface area (Å²) in [6, 6.07) is 18.0. The maximum absolute atomic E-state index is 13.4. The quantitative estimate of drug-likeness (QED) is 0.129. The van der Waals surface area contributed by atoms with Gasteiger partial charge in [0.1, 0.15) is 17.3 Å². The summed E-state index contributed by atoms with van der Waals surface area (Å²) in [5.74, 6) is -0.951. The Bertz CT molecular complexity index is 1640. The van der Waals surface area contributed by atoms with Crippen molar-refractivity contribution in [3.63, 3.8) is 0 Å². The minimum Gasteiger partial charge on any atom is -0.507 e. The van der Waals surface area contributed by atoms with Gasteiger partial charge >= 0.3 is 5.97 Å². The minimum absolute atomic E-state index is 0.0226. The number of carbonyl (C=O) groups is 3. The third-order valence-electron chi connectivity index (χ3n) is 7.22. The molecule has 3 aromatic carbocycles. The number of hydrogen-bond donors (Lipinski definition) is 2. The number of methoxy groups -OCH3 is 2. The molecule has 0 saturated carbocycles. The van der Waals surface area contributed by atoms with E-state index in [9.17, 15) is 19.5 Å². The number of H-pyrrole nitrogens is 1. The summed E-state index contributed by atoms with van der Waals surface area (Å²) in [6.07, 6.45) is 2.32. The van der Waals surface area contributed by atoms with Gasteiger partial charge in [0.2, 0.25) is 0 Å². The van der Waals surface area contributed by atoms with Crippen molar-refractivity contribution in [3.8, 4) is 11.5 Å². The number of hydrogen-bond acceptors (Lipinski definition) is 7. The Kier molecular flexibility index (Phi) is 7.78. The Hall–Kier alpha value is -5.05. The van der Waals surface area contributed by atoms with Crippen LogP contribution in [0.1, 0.15) is 40.0 Å². The average molecular weight is 555 g/mol. The van der Waals surface area contributed by atoms with Crippen LogP contribution in [0.5, 0.6) is 11.5 Å². The number of carbonyl (C=O) groups excluding carboxylic acids is 3. The van der Waals surface area contributed by atoms with Crippen LogP contribution in [0.15, 0.2) is 78.5 Å². The monoisotopic (exact) mass is 554 g/mol. The van der Waals surface area contributed by atoms with E-state index in [1.807, 2.05) is 31.3 Å². The fraction of sp³-hybridized carbons (Fsp3) is 0.219. The van der Waals surface area contributed by atoms with Crippen molar-refractivity contribution in [2.75, 3.05) is 27.4 Å². The van der Waals surface area contributed by atoms with E-state index in [1.54, 1.807) is 55.6 Å². The average Bonchev–Trinajstić information content (AvgIpc) is 3.52. The first kappa shape index (κ1) is 27.5. The molecular formula is C32H30N2O7. The SMILES string of the molecule is CCOc1ccc(C(O)=C2C(=O)C(=O)N(CCc3c[nH]c4ccc(OC)cc34)[C@@H]2c2ccc(C(=O)OC)cc2)cc1. The number of nitrogens with zero attached hydrogens (tertiary/aromatic N) is 1. The third kappa shape index (κ3) is 5.26. The van der Waals surface area contributed by atoms with Crippen LogP contribution in [-0.4, -0.2) is 60.0 Å². The minimum atomic E-state index is -0.868. The number of esters is 1. The van der Waals surface area contributed by atoms with Gasteiger partial charge in [-0.15, -0.1) is 0 Å². The van der Waals surface area contributed by atoms with Gasteiger partial charge in [-0.3, -0.25) is 9.59 Å². The van der Waals surface area contributed by atoms with Crippen LogP contribution < -0.4 is 9.47 Å². The van der Waals surface area contributed by atoms with E-state index in [2.05, 4.69) is 4.98 Å². The molecule has 1 saturated heterocycles. The van der Waals surface area contributed by atoms with Gasteiger partial charge < -0.3 is 29.2 Å². The summed E-state index contributed by atoms with van der Waals surface area (Å²) < 4.78 is 15.7. The zero-order chi connectivity index (χ0) is 29.1. The number of aliphatic hydroxyl groups excluding tert-OH is 1. The van der Waals surface area contributed by atoms with Crippen molar-refractivity contribution in [1.29, 1.82) is 0 Å². The van der Waals surface area contributed by atoms with Crippen molar-refractivity contribution in [2.24, 2.45) is 0 Å². The first-order valence-corrected chi connectivity index (χ1v) is 13.2. The second kappa shape index (κ2) is 11.6. The molecule has 0 spiro atoms. The molecule has 0 radical (unpaired) electrons. The molecular weight excluding hydrogens is 524 g/mol. The molecule has 41 heavy (non-hydrogen) atoms. The number of ketones is 1. The molecule has 210 valence electrons. The fourth-order valence-electron chi connectivity index (χ4n) is 5.14. The largest absolute Gasteiger partial charge is 0.507 e. The second-order valence-electron chi connectivity index (χ2n) is 9.54. The number of ether oxygens (including phenoxy) is 3. The lowest BCUT2D eigenvalue weighted by molar-refractivity contribution is -0.139. The molecule has 2 N–H and O–H groups in total. The molecule has 1 aliphatic heterocycles. The summed E-state index contributed by atoms with van der Waals surface area (Å²) >= 11 is 0. The van der Waals surface area contributed by atoms with E-state index in [-0.39, 0.29) is 17.9 Å². The molecule has 1 aliphatic rings. The van der Waals surface area contributed by atoms with Crippen LogP contribution >= 0.6 is 0 Å². The number of Topliss-reactive ketones (excluding diaryl/α,β-unsaturated/α-hetero) is 1. The van der Waals surface area contributed by atoms with E-state index < -0.39 is 23.7 Å². The van der Waals surface area contributed by atoms with E-state index in [4.69, 9.17) is 14.2 Å². The molecule has 2 heterocycles. The first-order chi connectivity index (χ1) is 19.9. The maximum atomic E-state index is 13.4. The predicted molar refractivity (Wildman–Crippen MR) is 153 cm³/mol. The van der Waals surface area contributed by atoms with Crippen LogP contribution in [0.4, 0.5) is 0 Å². The molecule has 0 aliphatic carbocycles. The molecule has 1 amide bonds. The Morgan fingerprint density at radius 2 is 1.63 bits per heavy atom. The van der Waals surface area contributed by atoms with Gasteiger partial charge in [0.15, 0.2) is 0 Å². The molecule has 0 bridgehead atoms. The maximum Gasteiger partial charge on any atom is 0.337 e. The highest BCUT2D eigenvalue weighted by Crippen LogP contribution is 2.40. The molecule has 1 fully saturated rings. The number of nitrogens with one attached hydrogen (secondary N) is 1. The standard InChI is InChI=1S/C32H30N2O7/c1-4-41-23-11-9-20(10-12-23)29(35)27-28(19-5-7-21(8-6-19)32(38)40-3)34(31(37)30(27)36)16-15-22-18-33-26-14-13-24(39-2)17-25(22)26/h5-14,17-18,28,33,35H,4,15-16H2,1-3H3/t28-/m1/s1. The van der Waals surface area contributed by atoms with Gasteiger partial charge in [-0.05, 0) is 79.1 Å². The highest BCUT2D eigenvalue weighted by Gasteiger charge is 2.46. The van der Waals surface area contributed by atoms with Crippen LogP contribution in [0, 0.1) is 0 Å². The highest BCUT2D eigenvalue weighted by molar-refractivity contribution is 6.46. The van der Waals surface area contributed by atoms with Crippen molar-refractivity contribution in [1.82, 2.24) is 9.88 Å². The number of aromatic amines is 1. The van der Waals surface area contributed by atoms with Crippen molar-refractivity contribution in [3.05, 3.63) is 101 Å². The van der Waals surface area contributed by atoms with Crippen LogP contribution in [0.25, 0.3) is 16.7 Å². The van der Waals surface area contributed by atoms with Crippen LogP contribution in [0.3, 0.4) is 0 Å². The molecule has 5 rings (SSSR count). The molecule has 1 atom stereocenters.